The fourth-order valence-electron chi connectivity index (χ4n) is 1.68. The van der Waals surface area contributed by atoms with Crippen molar-refractivity contribution in [2.75, 3.05) is 7.11 Å². The molecule has 0 spiro atoms. The Morgan fingerprint density at radius 1 is 1.30 bits per heavy atom. The van der Waals surface area contributed by atoms with E-state index in [0.29, 0.717) is 17.0 Å². The number of rotatable bonds is 4. The molecule has 3 nitrogen and oxygen atoms in total. The molecule has 1 aromatic heterocycles. The Labute approximate surface area is 116 Å². The molecule has 20 heavy (non-hydrogen) atoms. The number of benzene rings is 1. The second kappa shape index (κ2) is 6.10. The van der Waals surface area contributed by atoms with Crippen molar-refractivity contribution in [2.45, 2.75) is 6.92 Å². The molecular weight excluding hydrogens is 257 g/mol. The van der Waals surface area contributed by atoms with Crippen LogP contribution in [0.5, 0.6) is 5.88 Å². The summed E-state index contributed by atoms with van der Waals surface area (Å²) in [4.78, 5) is 15.9. The largest absolute Gasteiger partial charge is 0.481 e. The van der Waals surface area contributed by atoms with Crippen molar-refractivity contribution in [3.63, 3.8) is 0 Å². The van der Waals surface area contributed by atoms with Gasteiger partial charge in [0.15, 0.2) is 5.78 Å². The van der Waals surface area contributed by atoms with Crippen LogP contribution >= 0.6 is 0 Å². The van der Waals surface area contributed by atoms with Crippen LogP contribution in [-0.2, 0) is 0 Å². The first-order chi connectivity index (χ1) is 9.60. The van der Waals surface area contributed by atoms with Crippen LogP contribution in [0.25, 0.3) is 6.08 Å². The van der Waals surface area contributed by atoms with Gasteiger partial charge < -0.3 is 4.74 Å². The molecule has 0 aliphatic heterocycles. The van der Waals surface area contributed by atoms with Crippen LogP contribution in [0, 0.1) is 12.7 Å². The fourth-order valence-corrected chi connectivity index (χ4v) is 1.68. The minimum absolute atomic E-state index is 0.236. The van der Waals surface area contributed by atoms with Crippen molar-refractivity contribution in [3.8, 4) is 5.88 Å². The van der Waals surface area contributed by atoms with Gasteiger partial charge in [-0.3, -0.25) is 4.79 Å². The number of nitrogens with zero attached hydrogens (tertiary/aromatic N) is 1. The van der Waals surface area contributed by atoms with E-state index in [-0.39, 0.29) is 11.6 Å². The smallest absolute Gasteiger partial charge is 0.212 e. The van der Waals surface area contributed by atoms with Gasteiger partial charge in [-0.15, -0.1) is 0 Å². The van der Waals surface area contributed by atoms with E-state index in [1.165, 1.54) is 31.5 Å². The van der Waals surface area contributed by atoms with Gasteiger partial charge in [-0.1, -0.05) is 12.1 Å². The number of ether oxygens (including phenoxy) is 1. The zero-order valence-electron chi connectivity index (χ0n) is 11.3. The Morgan fingerprint density at radius 2 is 2.10 bits per heavy atom. The van der Waals surface area contributed by atoms with Crippen LogP contribution in [0.4, 0.5) is 4.39 Å². The predicted octanol–water partition coefficient (Wildman–Crippen LogP) is 3.43. The number of methoxy groups -OCH3 is 1. The number of aryl methyl sites for hydroxylation is 1. The Balaban J connectivity index is 2.15. The van der Waals surface area contributed by atoms with Gasteiger partial charge in [0.25, 0.3) is 0 Å². The van der Waals surface area contributed by atoms with Gasteiger partial charge >= 0.3 is 0 Å². The zero-order valence-corrected chi connectivity index (χ0v) is 11.3. The summed E-state index contributed by atoms with van der Waals surface area (Å²) in [6.45, 7) is 1.81. The Hall–Kier alpha value is -2.49. The third-order valence-electron chi connectivity index (χ3n) is 2.80. The van der Waals surface area contributed by atoms with Crippen LogP contribution < -0.4 is 4.74 Å². The molecule has 0 unspecified atom stereocenters. The lowest BCUT2D eigenvalue weighted by Crippen LogP contribution is -1.96. The molecule has 0 radical (unpaired) electrons. The summed E-state index contributed by atoms with van der Waals surface area (Å²) < 4.78 is 18.5. The third-order valence-corrected chi connectivity index (χ3v) is 2.80. The van der Waals surface area contributed by atoms with Crippen molar-refractivity contribution < 1.29 is 13.9 Å². The summed E-state index contributed by atoms with van der Waals surface area (Å²) >= 11 is 0. The first-order valence-electron chi connectivity index (χ1n) is 6.09. The van der Waals surface area contributed by atoms with E-state index in [4.69, 9.17) is 4.74 Å². The van der Waals surface area contributed by atoms with E-state index < -0.39 is 0 Å². The van der Waals surface area contributed by atoms with Crippen molar-refractivity contribution in [2.24, 2.45) is 0 Å². The second-order valence-electron chi connectivity index (χ2n) is 4.31. The van der Waals surface area contributed by atoms with E-state index in [1.54, 1.807) is 24.3 Å². The van der Waals surface area contributed by atoms with Crippen LogP contribution in [0.3, 0.4) is 0 Å². The molecule has 0 N–H and O–H groups in total. The molecule has 1 aromatic carbocycles. The van der Waals surface area contributed by atoms with Crippen LogP contribution in [-0.4, -0.2) is 17.9 Å². The molecular formula is C16H14FNO2. The van der Waals surface area contributed by atoms with Crippen molar-refractivity contribution in [1.82, 2.24) is 4.98 Å². The molecule has 0 fully saturated rings. The molecule has 2 aromatic rings. The maximum absolute atomic E-state index is 13.6. The van der Waals surface area contributed by atoms with Gasteiger partial charge in [-0.05, 0) is 36.8 Å². The van der Waals surface area contributed by atoms with Gasteiger partial charge in [0.1, 0.15) is 5.82 Å². The molecule has 0 bridgehead atoms. The lowest BCUT2D eigenvalue weighted by molar-refractivity contribution is 0.104. The van der Waals surface area contributed by atoms with E-state index in [0.717, 1.165) is 5.56 Å². The first-order valence-corrected chi connectivity index (χ1v) is 6.09. The lowest BCUT2D eigenvalue weighted by atomic mass is 10.1. The maximum atomic E-state index is 13.6. The van der Waals surface area contributed by atoms with Gasteiger partial charge in [0.2, 0.25) is 5.88 Å². The van der Waals surface area contributed by atoms with E-state index in [1.807, 2.05) is 6.92 Å². The predicted molar refractivity (Wildman–Crippen MR) is 75.3 cm³/mol. The highest BCUT2D eigenvalue weighted by Crippen LogP contribution is 2.13. The molecule has 0 aliphatic rings. The highest BCUT2D eigenvalue weighted by Gasteiger charge is 2.04. The quantitative estimate of drug-likeness (QED) is 0.631. The second-order valence-corrected chi connectivity index (χ2v) is 4.31. The van der Waals surface area contributed by atoms with E-state index >= 15 is 0 Å². The van der Waals surface area contributed by atoms with Crippen LogP contribution in [0.2, 0.25) is 0 Å². The van der Waals surface area contributed by atoms with E-state index in [9.17, 15) is 9.18 Å². The number of carbonyl (C=O) groups is 1. The highest BCUT2D eigenvalue weighted by molar-refractivity contribution is 6.06. The van der Waals surface area contributed by atoms with Gasteiger partial charge in [0.05, 0.1) is 7.11 Å². The van der Waals surface area contributed by atoms with Gasteiger partial charge in [0, 0.05) is 23.4 Å². The molecule has 0 saturated heterocycles. The number of aromatic nitrogens is 1. The summed E-state index contributed by atoms with van der Waals surface area (Å²) in [6, 6.07) is 8.08. The third kappa shape index (κ3) is 3.29. The number of hydrogen-bond acceptors (Lipinski definition) is 3. The van der Waals surface area contributed by atoms with Crippen LogP contribution in [0.1, 0.15) is 21.5 Å². The monoisotopic (exact) mass is 271 g/mol. The number of carbonyl (C=O) groups excluding carboxylic acids is 1. The molecule has 0 atom stereocenters. The van der Waals surface area contributed by atoms with Crippen molar-refractivity contribution in [1.29, 1.82) is 0 Å². The Kier molecular flexibility index (Phi) is 4.25. The Bertz CT molecular complexity index is 648. The van der Waals surface area contributed by atoms with Gasteiger partial charge in [-0.25, -0.2) is 9.37 Å². The molecule has 0 saturated carbocycles. The summed E-state index contributed by atoms with van der Waals surface area (Å²) in [6.07, 6.45) is 4.22. The summed E-state index contributed by atoms with van der Waals surface area (Å²) in [5, 5.41) is 0. The number of hydrogen-bond donors (Lipinski definition) is 0. The van der Waals surface area contributed by atoms with E-state index in [2.05, 4.69) is 4.98 Å². The van der Waals surface area contributed by atoms with Crippen molar-refractivity contribution in [3.05, 3.63) is 65.1 Å². The lowest BCUT2D eigenvalue weighted by Gasteiger charge is -2.00. The number of allylic oxidation sites excluding steroid dienone is 1. The fraction of sp³-hybridized carbons (Fsp3) is 0.125. The normalized spacial score (nSPS) is 10.8. The average Bonchev–Trinajstić information content (AvgIpc) is 2.46. The number of halogens is 1. The SMILES string of the molecule is COc1ccc(C(=O)/C=C/c2ccc(C)cc2F)cn1. The van der Waals surface area contributed by atoms with Crippen molar-refractivity contribution >= 4 is 11.9 Å². The molecule has 1 heterocycles. The number of pyridine rings is 1. The molecule has 0 aliphatic carbocycles. The summed E-state index contributed by atoms with van der Waals surface area (Å²) in [5.41, 5.74) is 1.64. The minimum Gasteiger partial charge on any atom is -0.481 e. The standard InChI is InChI=1S/C16H14FNO2/c1-11-3-4-12(14(17)9-11)5-7-15(19)13-6-8-16(20-2)18-10-13/h3-10H,1-2H3/b7-5+. The zero-order chi connectivity index (χ0) is 14.5. The average molecular weight is 271 g/mol. The highest BCUT2D eigenvalue weighted by atomic mass is 19.1. The summed E-state index contributed by atoms with van der Waals surface area (Å²) in [7, 11) is 1.50. The summed E-state index contributed by atoms with van der Waals surface area (Å²) in [5.74, 6) is -0.142. The minimum atomic E-state index is -0.345. The molecule has 4 heteroatoms. The van der Waals surface area contributed by atoms with Gasteiger partial charge in [-0.2, -0.15) is 0 Å². The number of ketones is 1. The van der Waals surface area contributed by atoms with Crippen LogP contribution in [0.15, 0.2) is 42.6 Å². The molecule has 2 rings (SSSR count). The topological polar surface area (TPSA) is 39.2 Å². The first kappa shape index (κ1) is 13.9. The maximum Gasteiger partial charge on any atom is 0.212 e. The molecule has 0 amide bonds. The molecule has 102 valence electrons. The Morgan fingerprint density at radius 3 is 2.70 bits per heavy atom.